The molecular weight excluding hydrogens is 384 g/mol. The lowest BCUT2D eigenvalue weighted by Gasteiger charge is -2.18. The number of hydrogen-bond acceptors (Lipinski definition) is 5. The van der Waals surface area contributed by atoms with E-state index in [0.29, 0.717) is 21.9 Å². The molecule has 1 aliphatic carbocycles. The number of thioether (sulfide) groups is 1. The van der Waals surface area contributed by atoms with Gasteiger partial charge in [-0.2, -0.15) is 0 Å². The van der Waals surface area contributed by atoms with Gasteiger partial charge in [0.05, 0.1) is 16.2 Å². The van der Waals surface area contributed by atoms with E-state index >= 15 is 0 Å². The second kappa shape index (κ2) is 8.37. The average molecular weight is 409 g/mol. The number of carbonyl (C=O) groups is 1. The van der Waals surface area contributed by atoms with E-state index in [-0.39, 0.29) is 22.8 Å². The van der Waals surface area contributed by atoms with Gasteiger partial charge in [0.1, 0.15) is 5.82 Å². The molecule has 1 aliphatic rings. The van der Waals surface area contributed by atoms with E-state index in [1.165, 1.54) is 16.3 Å². The molecule has 2 heterocycles. The molecule has 1 unspecified atom stereocenters. The molecule has 150 valence electrons. The molecule has 1 saturated carbocycles. The average Bonchev–Trinajstić information content (AvgIpc) is 3.22. The Balaban J connectivity index is 1.71. The maximum absolute atomic E-state index is 13.2. The predicted octanol–water partition coefficient (Wildman–Crippen LogP) is 3.63. The molecule has 3 aromatic rings. The lowest BCUT2D eigenvalue weighted by atomic mass is 10.2. The molecule has 0 radical (unpaired) electrons. The Morgan fingerprint density at radius 3 is 2.69 bits per heavy atom. The zero-order chi connectivity index (χ0) is 20.4. The zero-order valence-corrected chi connectivity index (χ0v) is 17.4. The van der Waals surface area contributed by atoms with Gasteiger partial charge in [0.2, 0.25) is 5.91 Å². The minimum absolute atomic E-state index is 0.0206. The summed E-state index contributed by atoms with van der Waals surface area (Å²) in [4.78, 5) is 35.0. The first-order valence-corrected chi connectivity index (χ1v) is 10.8. The van der Waals surface area contributed by atoms with Crippen molar-refractivity contribution >= 4 is 28.6 Å². The van der Waals surface area contributed by atoms with Crippen molar-refractivity contribution in [1.82, 2.24) is 19.9 Å². The smallest absolute Gasteiger partial charge is 0.267 e. The maximum atomic E-state index is 13.2. The number of amides is 1. The molecule has 0 saturated heterocycles. The van der Waals surface area contributed by atoms with Crippen LogP contribution in [-0.4, -0.2) is 31.7 Å². The number of carbonyl (C=O) groups excluding carboxylic acids is 1. The van der Waals surface area contributed by atoms with Crippen LogP contribution in [0.1, 0.15) is 38.2 Å². The predicted molar refractivity (Wildman–Crippen MR) is 116 cm³/mol. The second-order valence-electron chi connectivity index (χ2n) is 7.50. The molecule has 1 N–H and O–H groups in total. The molecule has 0 aliphatic heterocycles. The lowest BCUT2D eigenvalue weighted by molar-refractivity contribution is -0.120. The third-order valence-electron chi connectivity index (χ3n) is 5.22. The number of fused-ring (bicyclic) bond motifs is 1. The zero-order valence-electron chi connectivity index (χ0n) is 16.6. The number of aryl methyl sites for hydroxylation is 1. The third-order valence-corrected chi connectivity index (χ3v) is 6.28. The summed E-state index contributed by atoms with van der Waals surface area (Å²) in [6.07, 6.45) is 6.13. The summed E-state index contributed by atoms with van der Waals surface area (Å²) < 4.78 is 1.51. The van der Waals surface area contributed by atoms with E-state index in [1.54, 1.807) is 18.3 Å². The van der Waals surface area contributed by atoms with Crippen LogP contribution in [0.5, 0.6) is 0 Å². The van der Waals surface area contributed by atoms with Crippen molar-refractivity contribution in [2.45, 2.75) is 56.0 Å². The molecular formula is C22H24N4O2S. The van der Waals surface area contributed by atoms with Gasteiger partial charge < -0.3 is 5.32 Å². The molecule has 7 heteroatoms. The number of pyridine rings is 1. The van der Waals surface area contributed by atoms with Crippen LogP contribution in [0.15, 0.2) is 52.5 Å². The number of benzene rings is 1. The number of aromatic nitrogens is 3. The Hall–Kier alpha value is -2.67. The summed E-state index contributed by atoms with van der Waals surface area (Å²) in [7, 11) is 0. The first kappa shape index (κ1) is 19.6. The van der Waals surface area contributed by atoms with Crippen molar-refractivity contribution < 1.29 is 4.79 Å². The van der Waals surface area contributed by atoms with Gasteiger partial charge in [0.25, 0.3) is 5.56 Å². The highest BCUT2D eigenvalue weighted by molar-refractivity contribution is 8.00. The molecule has 4 rings (SSSR count). The SMILES string of the molecule is Cc1ccc(-n2c(SC(C)C(=O)NC3CCCC3)nc3ccccc3c2=O)nc1. The van der Waals surface area contributed by atoms with Gasteiger partial charge in [-0.3, -0.25) is 9.59 Å². The van der Waals surface area contributed by atoms with E-state index in [2.05, 4.69) is 10.3 Å². The summed E-state index contributed by atoms with van der Waals surface area (Å²) in [5.41, 5.74) is 1.44. The van der Waals surface area contributed by atoms with Gasteiger partial charge in [0.15, 0.2) is 5.16 Å². The minimum atomic E-state index is -0.375. The molecule has 1 atom stereocenters. The van der Waals surface area contributed by atoms with Crippen LogP contribution in [0.2, 0.25) is 0 Å². The number of hydrogen-bond donors (Lipinski definition) is 1. The van der Waals surface area contributed by atoms with Gasteiger partial charge in [-0.1, -0.05) is 42.8 Å². The number of rotatable bonds is 5. The van der Waals surface area contributed by atoms with Crippen LogP contribution in [-0.2, 0) is 4.79 Å². The highest BCUT2D eigenvalue weighted by Crippen LogP contribution is 2.25. The van der Waals surface area contributed by atoms with Crippen molar-refractivity contribution in [3.63, 3.8) is 0 Å². The lowest BCUT2D eigenvalue weighted by Crippen LogP contribution is -2.38. The van der Waals surface area contributed by atoms with E-state index in [0.717, 1.165) is 31.2 Å². The summed E-state index contributed by atoms with van der Waals surface area (Å²) in [6, 6.07) is 11.2. The van der Waals surface area contributed by atoms with E-state index < -0.39 is 0 Å². The highest BCUT2D eigenvalue weighted by atomic mass is 32.2. The van der Waals surface area contributed by atoms with Gasteiger partial charge in [-0.15, -0.1) is 0 Å². The van der Waals surface area contributed by atoms with Gasteiger partial charge in [0, 0.05) is 12.2 Å². The van der Waals surface area contributed by atoms with E-state index in [4.69, 9.17) is 4.98 Å². The Kier molecular flexibility index (Phi) is 5.67. The van der Waals surface area contributed by atoms with Crippen LogP contribution in [0.25, 0.3) is 16.7 Å². The molecule has 1 aromatic carbocycles. The van der Waals surface area contributed by atoms with E-state index in [1.807, 2.05) is 38.1 Å². The standard InChI is InChI=1S/C22H24N4O2S/c1-14-11-12-19(23-13-14)26-21(28)17-9-5-6-10-18(17)25-22(26)29-15(2)20(27)24-16-7-3-4-8-16/h5-6,9-13,15-16H,3-4,7-8H2,1-2H3,(H,24,27). The molecule has 6 nitrogen and oxygen atoms in total. The van der Waals surface area contributed by atoms with Crippen molar-refractivity contribution in [1.29, 1.82) is 0 Å². The summed E-state index contributed by atoms with van der Waals surface area (Å²) in [5, 5.41) is 3.75. The largest absolute Gasteiger partial charge is 0.352 e. The fourth-order valence-electron chi connectivity index (χ4n) is 3.59. The fourth-order valence-corrected chi connectivity index (χ4v) is 4.51. The third kappa shape index (κ3) is 4.19. The van der Waals surface area contributed by atoms with Crippen molar-refractivity contribution in [2.24, 2.45) is 0 Å². The summed E-state index contributed by atoms with van der Waals surface area (Å²) in [6.45, 7) is 3.80. The normalized spacial score (nSPS) is 15.5. The first-order valence-electron chi connectivity index (χ1n) is 9.95. The molecule has 2 aromatic heterocycles. The molecule has 1 amide bonds. The van der Waals surface area contributed by atoms with Gasteiger partial charge >= 0.3 is 0 Å². The highest BCUT2D eigenvalue weighted by Gasteiger charge is 2.24. The number of nitrogens with one attached hydrogen (secondary N) is 1. The van der Waals surface area contributed by atoms with Crippen LogP contribution < -0.4 is 10.9 Å². The Morgan fingerprint density at radius 2 is 1.97 bits per heavy atom. The topological polar surface area (TPSA) is 76.9 Å². The van der Waals surface area contributed by atoms with Gasteiger partial charge in [-0.25, -0.2) is 14.5 Å². The molecule has 1 fully saturated rings. The Bertz CT molecular complexity index is 1090. The first-order chi connectivity index (χ1) is 14.0. The summed E-state index contributed by atoms with van der Waals surface area (Å²) >= 11 is 1.29. The maximum Gasteiger partial charge on any atom is 0.267 e. The van der Waals surface area contributed by atoms with Crippen molar-refractivity contribution in [3.8, 4) is 5.82 Å². The monoisotopic (exact) mass is 408 g/mol. The van der Waals surface area contributed by atoms with Crippen molar-refractivity contribution in [3.05, 3.63) is 58.5 Å². The number of para-hydroxylation sites is 1. The van der Waals surface area contributed by atoms with E-state index in [9.17, 15) is 9.59 Å². The molecule has 29 heavy (non-hydrogen) atoms. The Labute approximate surface area is 173 Å². The Morgan fingerprint density at radius 1 is 1.21 bits per heavy atom. The minimum Gasteiger partial charge on any atom is -0.352 e. The molecule has 0 spiro atoms. The van der Waals surface area contributed by atoms with Crippen LogP contribution >= 0.6 is 11.8 Å². The summed E-state index contributed by atoms with van der Waals surface area (Å²) in [5.74, 6) is 0.484. The number of nitrogens with zero attached hydrogens (tertiary/aromatic N) is 3. The molecule has 0 bridgehead atoms. The van der Waals surface area contributed by atoms with Gasteiger partial charge in [-0.05, 0) is 50.5 Å². The van der Waals surface area contributed by atoms with Crippen LogP contribution in [0, 0.1) is 6.92 Å². The quantitative estimate of drug-likeness (QED) is 0.515. The second-order valence-corrected chi connectivity index (χ2v) is 8.80. The fraction of sp³-hybridized carbons (Fsp3) is 0.364. The van der Waals surface area contributed by atoms with Crippen molar-refractivity contribution in [2.75, 3.05) is 0 Å². The van der Waals surface area contributed by atoms with Crippen LogP contribution in [0.4, 0.5) is 0 Å². The van der Waals surface area contributed by atoms with Crippen LogP contribution in [0.3, 0.4) is 0 Å².